The first-order valence-corrected chi connectivity index (χ1v) is 7.96. The minimum absolute atomic E-state index is 0.0862. The van der Waals surface area contributed by atoms with Crippen LogP contribution < -0.4 is 10.6 Å². The lowest BCUT2D eigenvalue weighted by atomic mass is 9.89. The van der Waals surface area contributed by atoms with Gasteiger partial charge in [0.2, 0.25) is 11.8 Å². The van der Waals surface area contributed by atoms with Gasteiger partial charge in [0.05, 0.1) is 5.92 Å². The highest BCUT2D eigenvalue weighted by Crippen LogP contribution is 2.32. The summed E-state index contributed by atoms with van der Waals surface area (Å²) in [6.45, 7) is 0.518. The Kier molecular flexibility index (Phi) is 4.20. The zero-order chi connectivity index (χ0) is 15.5. The summed E-state index contributed by atoms with van der Waals surface area (Å²) in [5, 5.41) is 9.50. The summed E-state index contributed by atoms with van der Waals surface area (Å²) in [4.78, 5) is 24.0. The minimum atomic E-state index is -0.563. The summed E-state index contributed by atoms with van der Waals surface area (Å²) in [5.74, 6) is -1.46. The highest BCUT2D eigenvalue weighted by atomic mass is 32.1. The molecular weight excluding hydrogens is 303 g/mol. The van der Waals surface area contributed by atoms with Gasteiger partial charge in [0, 0.05) is 18.7 Å². The molecule has 0 fully saturated rings. The van der Waals surface area contributed by atoms with Gasteiger partial charge < -0.3 is 10.6 Å². The van der Waals surface area contributed by atoms with Crippen LogP contribution in [0.2, 0.25) is 0 Å². The number of anilines is 1. The summed E-state index contributed by atoms with van der Waals surface area (Å²) in [5.41, 5.74) is 2.22. The maximum Gasteiger partial charge on any atom is 0.228 e. The molecule has 6 heteroatoms. The Morgan fingerprint density at radius 1 is 1.41 bits per heavy atom. The third kappa shape index (κ3) is 3.17. The molecule has 1 aromatic carbocycles. The number of thiophene rings is 1. The van der Waals surface area contributed by atoms with E-state index in [0.29, 0.717) is 17.8 Å². The first-order chi connectivity index (χ1) is 10.6. The number of fused-ring (bicyclic) bond motifs is 1. The van der Waals surface area contributed by atoms with Crippen LogP contribution in [-0.4, -0.2) is 18.4 Å². The SMILES string of the molecule is O=C1C[C@H](C(=O)NCCc2ccsc2)c2ccc(F)cc2N1. The molecule has 1 aliphatic rings. The molecule has 0 unspecified atom stereocenters. The second-order valence-electron chi connectivity index (χ2n) is 5.21. The second-order valence-corrected chi connectivity index (χ2v) is 5.99. The van der Waals surface area contributed by atoms with Crippen molar-refractivity contribution in [3.05, 3.63) is 52.0 Å². The van der Waals surface area contributed by atoms with E-state index in [2.05, 4.69) is 10.6 Å². The zero-order valence-electron chi connectivity index (χ0n) is 11.8. The number of carbonyl (C=O) groups is 2. The van der Waals surface area contributed by atoms with Crippen molar-refractivity contribution in [1.29, 1.82) is 0 Å². The van der Waals surface area contributed by atoms with Gasteiger partial charge in [0.15, 0.2) is 0 Å². The second kappa shape index (κ2) is 6.27. The number of benzene rings is 1. The summed E-state index contributed by atoms with van der Waals surface area (Å²) in [7, 11) is 0. The van der Waals surface area contributed by atoms with Crippen LogP contribution in [0.1, 0.15) is 23.5 Å². The van der Waals surface area contributed by atoms with E-state index >= 15 is 0 Å². The Labute approximate surface area is 131 Å². The number of hydrogen-bond donors (Lipinski definition) is 2. The molecule has 22 heavy (non-hydrogen) atoms. The van der Waals surface area contributed by atoms with E-state index in [1.54, 1.807) is 17.4 Å². The van der Waals surface area contributed by atoms with Gasteiger partial charge in [0.1, 0.15) is 5.82 Å². The van der Waals surface area contributed by atoms with Crippen LogP contribution in [0.3, 0.4) is 0 Å². The molecule has 114 valence electrons. The summed E-state index contributed by atoms with van der Waals surface area (Å²) >= 11 is 1.62. The average Bonchev–Trinajstić information content (AvgIpc) is 2.99. The van der Waals surface area contributed by atoms with Crippen molar-refractivity contribution in [3.63, 3.8) is 0 Å². The Balaban J connectivity index is 1.68. The number of amides is 2. The van der Waals surface area contributed by atoms with E-state index in [1.807, 2.05) is 16.8 Å². The summed E-state index contributed by atoms with van der Waals surface area (Å²) in [6, 6.07) is 6.14. The van der Waals surface area contributed by atoms with Crippen LogP contribution >= 0.6 is 11.3 Å². The average molecular weight is 318 g/mol. The quantitative estimate of drug-likeness (QED) is 0.910. The van der Waals surface area contributed by atoms with Gasteiger partial charge in [0.25, 0.3) is 0 Å². The Hall–Kier alpha value is -2.21. The van der Waals surface area contributed by atoms with E-state index in [9.17, 15) is 14.0 Å². The van der Waals surface area contributed by atoms with Crippen LogP contribution in [0.5, 0.6) is 0 Å². The highest BCUT2D eigenvalue weighted by molar-refractivity contribution is 7.07. The molecule has 2 aromatic rings. The maximum absolute atomic E-state index is 13.3. The number of hydrogen-bond acceptors (Lipinski definition) is 3. The smallest absolute Gasteiger partial charge is 0.228 e. The van der Waals surface area contributed by atoms with Gasteiger partial charge in [-0.15, -0.1) is 0 Å². The van der Waals surface area contributed by atoms with Crippen LogP contribution in [0, 0.1) is 5.82 Å². The van der Waals surface area contributed by atoms with Crippen molar-refractivity contribution < 1.29 is 14.0 Å². The first kappa shape index (κ1) is 14.7. The summed E-state index contributed by atoms with van der Waals surface area (Å²) < 4.78 is 13.3. The van der Waals surface area contributed by atoms with Gasteiger partial charge in [-0.3, -0.25) is 9.59 Å². The lowest BCUT2D eigenvalue weighted by Crippen LogP contribution is -2.36. The first-order valence-electron chi connectivity index (χ1n) is 7.01. The Bertz CT molecular complexity index is 700. The van der Waals surface area contributed by atoms with Crippen molar-refractivity contribution in [2.45, 2.75) is 18.8 Å². The topological polar surface area (TPSA) is 58.2 Å². The molecule has 1 aliphatic heterocycles. The van der Waals surface area contributed by atoms with Gasteiger partial charge in [-0.2, -0.15) is 11.3 Å². The largest absolute Gasteiger partial charge is 0.355 e. The van der Waals surface area contributed by atoms with E-state index in [4.69, 9.17) is 0 Å². The molecule has 1 atom stereocenters. The van der Waals surface area contributed by atoms with E-state index in [1.165, 1.54) is 17.7 Å². The van der Waals surface area contributed by atoms with Gasteiger partial charge >= 0.3 is 0 Å². The van der Waals surface area contributed by atoms with Crippen molar-refractivity contribution >= 4 is 28.8 Å². The van der Waals surface area contributed by atoms with Crippen molar-refractivity contribution in [1.82, 2.24) is 5.32 Å². The molecule has 2 amide bonds. The normalized spacial score (nSPS) is 16.8. The van der Waals surface area contributed by atoms with E-state index in [0.717, 1.165) is 6.42 Å². The van der Waals surface area contributed by atoms with Crippen molar-refractivity contribution in [2.75, 3.05) is 11.9 Å². The summed E-state index contributed by atoms with van der Waals surface area (Å²) in [6.07, 6.45) is 0.841. The van der Waals surface area contributed by atoms with Gasteiger partial charge in [-0.05, 0) is 46.5 Å². The van der Waals surface area contributed by atoms with Crippen LogP contribution in [0.25, 0.3) is 0 Å². The molecule has 0 saturated heterocycles. The fourth-order valence-corrected chi connectivity index (χ4v) is 3.26. The fourth-order valence-electron chi connectivity index (χ4n) is 2.56. The van der Waals surface area contributed by atoms with Crippen LogP contribution in [0.15, 0.2) is 35.0 Å². The molecule has 0 bridgehead atoms. The lowest BCUT2D eigenvalue weighted by Gasteiger charge is -2.24. The molecule has 4 nitrogen and oxygen atoms in total. The van der Waals surface area contributed by atoms with Crippen LogP contribution in [-0.2, 0) is 16.0 Å². The number of rotatable bonds is 4. The predicted molar refractivity (Wildman–Crippen MR) is 83.4 cm³/mol. The minimum Gasteiger partial charge on any atom is -0.355 e. The molecule has 3 rings (SSSR count). The van der Waals surface area contributed by atoms with Crippen molar-refractivity contribution in [2.24, 2.45) is 0 Å². The molecule has 2 heterocycles. The molecule has 0 spiro atoms. The van der Waals surface area contributed by atoms with Gasteiger partial charge in [-0.1, -0.05) is 6.07 Å². The fraction of sp³-hybridized carbons (Fsp3) is 0.250. The zero-order valence-corrected chi connectivity index (χ0v) is 12.6. The lowest BCUT2D eigenvalue weighted by molar-refractivity contribution is -0.126. The molecule has 2 N–H and O–H groups in total. The molecule has 0 aliphatic carbocycles. The van der Waals surface area contributed by atoms with E-state index < -0.39 is 11.7 Å². The Morgan fingerprint density at radius 2 is 2.27 bits per heavy atom. The van der Waals surface area contributed by atoms with Crippen molar-refractivity contribution in [3.8, 4) is 0 Å². The molecular formula is C16H15FN2O2S. The van der Waals surface area contributed by atoms with Gasteiger partial charge in [-0.25, -0.2) is 4.39 Å². The maximum atomic E-state index is 13.3. The molecule has 0 saturated carbocycles. The third-order valence-electron chi connectivity index (χ3n) is 3.66. The van der Waals surface area contributed by atoms with E-state index in [-0.39, 0.29) is 18.2 Å². The number of halogens is 1. The highest BCUT2D eigenvalue weighted by Gasteiger charge is 2.30. The predicted octanol–water partition coefficient (Wildman–Crippen LogP) is 2.67. The molecule has 0 radical (unpaired) electrons. The molecule has 1 aromatic heterocycles. The third-order valence-corrected chi connectivity index (χ3v) is 4.40. The Morgan fingerprint density at radius 3 is 3.05 bits per heavy atom. The monoisotopic (exact) mass is 318 g/mol. The van der Waals surface area contributed by atoms with Crippen LogP contribution in [0.4, 0.5) is 10.1 Å². The number of nitrogens with one attached hydrogen (secondary N) is 2. The number of carbonyl (C=O) groups excluding carboxylic acids is 2. The standard InChI is InChI=1S/C16H15FN2O2S/c17-11-1-2-12-13(8-15(20)19-14(12)7-11)16(21)18-5-3-10-4-6-22-9-10/h1-2,4,6-7,9,13H,3,5,8H2,(H,18,21)(H,19,20)/t13-/m0/s1.